The highest BCUT2D eigenvalue weighted by molar-refractivity contribution is 8.00. The highest BCUT2D eigenvalue weighted by Gasteiger charge is 2.31. The van der Waals surface area contributed by atoms with Gasteiger partial charge in [-0.05, 0) is 61.9 Å². The van der Waals surface area contributed by atoms with E-state index in [0.29, 0.717) is 6.42 Å². The van der Waals surface area contributed by atoms with E-state index in [1.54, 1.807) is 11.8 Å². The van der Waals surface area contributed by atoms with Crippen molar-refractivity contribution in [3.05, 3.63) is 72.8 Å². The third-order valence-electron chi connectivity index (χ3n) is 5.21. The number of benzene rings is 3. The minimum atomic E-state index is -0.274. The molecule has 4 rings (SSSR count). The van der Waals surface area contributed by atoms with E-state index >= 15 is 0 Å². The molecule has 0 saturated heterocycles. The lowest BCUT2D eigenvalue weighted by Gasteiger charge is -2.32. The molecule has 0 aromatic heterocycles. The van der Waals surface area contributed by atoms with Crippen LogP contribution in [-0.4, -0.2) is 17.1 Å². The second-order valence-corrected chi connectivity index (χ2v) is 10.1. The van der Waals surface area contributed by atoms with Crippen molar-refractivity contribution in [3.63, 3.8) is 0 Å². The number of carbonyl (C=O) groups excluding carboxylic acids is 2. The van der Waals surface area contributed by atoms with Crippen LogP contribution in [0.1, 0.15) is 33.1 Å². The highest BCUT2D eigenvalue weighted by atomic mass is 32.2. The molecule has 32 heavy (non-hydrogen) atoms. The van der Waals surface area contributed by atoms with E-state index in [4.69, 9.17) is 0 Å². The van der Waals surface area contributed by atoms with E-state index in [-0.39, 0.29) is 17.1 Å². The zero-order chi connectivity index (χ0) is 22.5. The fourth-order valence-corrected chi connectivity index (χ4v) is 5.52. The third-order valence-corrected chi connectivity index (χ3v) is 7.44. The van der Waals surface area contributed by atoms with Crippen LogP contribution in [0.3, 0.4) is 0 Å². The van der Waals surface area contributed by atoms with Crippen molar-refractivity contribution in [3.8, 4) is 0 Å². The van der Waals surface area contributed by atoms with Crippen LogP contribution in [-0.2, 0) is 9.59 Å². The molecular formula is C26H26N2O2S2. The van der Waals surface area contributed by atoms with Crippen LogP contribution < -0.4 is 10.2 Å². The van der Waals surface area contributed by atoms with Gasteiger partial charge in [0, 0.05) is 26.8 Å². The second kappa shape index (κ2) is 10.3. The normalized spacial score (nSPS) is 13.1. The van der Waals surface area contributed by atoms with E-state index in [0.717, 1.165) is 44.6 Å². The van der Waals surface area contributed by atoms with Gasteiger partial charge in [0.05, 0.1) is 16.6 Å². The maximum Gasteiger partial charge on any atom is 0.244 e. The number of unbranched alkanes of at least 4 members (excludes halogenated alkanes) is 1. The number of thioether (sulfide) groups is 1. The summed E-state index contributed by atoms with van der Waals surface area (Å²) in [6.07, 6.45) is 2.43. The first-order chi connectivity index (χ1) is 15.6. The summed E-state index contributed by atoms with van der Waals surface area (Å²) in [7, 11) is 0. The number of nitrogens with one attached hydrogen (secondary N) is 1. The summed E-state index contributed by atoms with van der Waals surface area (Å²) in [5.41, 5.74) is 2.64. The Morgan fingerprint density at radius 2 is 1.53 bits per heavy atom. The average molecular weight is 463 g/mol. The first-order valence-corrected chi connectivity index (χ1v) is 12.5. The lowest BCUT2D eigenvalue weighted by atomic mass is 10.2. The molecule has 4 nitrogen and oxygen atoms in total. The summed E-state index contributed by atoms with van der Waals surface area (Å²) in [5, 5.41) is 2.65. The molecule has 3 aromatic rings. The lowest BCUT2D eigenvalue weighted by Crippen LogP contribution is -2.34. The number of anilines is 3. The molecule has 0 bridgehead atoms. The molecule has 6 heteroatoms. The molecule has 1 aliphatic heterocycles. The molecule has 0 radical (unpaired) electrons. The second-order valence-electron chi connectivity index (χ2n) is 7.65. The molecular weight excluding hydrogens is 436 g/mol. The molecule has 1 heterocycles. The van der Waals surface area contributed by atoms with Crippen molar-refractivity contribution in [1.82, 2.24) is 0 Å². The first kappa shape index (κ1) is 22.5. The standard InChI is InChI=1S/C26H26N2O2S2/c1-3-4-13-25(29)27-19-14-16-20(17-15-19)31-18(2)26(30)28-21-9-5-7-11-23(21)32-24-12-8-6-10-22(24)28/h5-12,14-18H,3-4,13H2,1-2H3,(H,27,29). The van der Waals surface area contributed by atoms with Gasteiger partial charge in [-0.2, -0.15) is 0 Å². The number of nitrogens with zero attached hydrogens (tertiary/aromatic N) is 1. The first-order valence-electron chi connectivity index (χ1n) is 10.8. The summed E-state index contributed by atoms with van der Waals surface area (Å²) < 4.78 is 0. The molecule has 0 saturated carbocycles. The predicted octanol–water partition coefficient (Wildman–Crippen LogP) is 7.13. The highest BCUT2D eigenvalue weighted by Crippen LogP contribution is 2.48. The van der Waals surface area contributed by atoms with Gasteiger partial charge >= 0.3 is 0 Å². The minimum Gasteiger partial charge on any atom is -0.326 e. The van der Waals surface area contributed by atoms with Crippen LogP contribution in [0.25, 0.3) is 0 Å². The Morgan fingerprint density at radius 1 is 0.938 bits per heavy atom. The van der Waals surface area contributed by atoms with E-state index in [1.165, 1.54) is 11.8 Å². The van der Waals surface area contributed by atoms with Crippen molar-refractivity contribution in [2.45, 2.75) is 53.0 Å². The summed E-state index contributed by atoms with van der Waals surface area (Å²) in [6.45, 7) is 4.02. The van der Waals surface area contributed by atoms with Crippen molar-refractivity contribution in [2.24, 2.45) is 0 Å². The van der Waals surface area contributed by atoms with Crippen molar-refractivity contribution in [1.29, 1.82) is 0 Å². The van der Waals surface area contributed by atoms with Gasteiger partial charge in [0.15, 0.2) is 0 Å². The number of hydrogen-bond acceptors (Lipinski definition) is 4. The van der Waals surface area contributed by atoms with Gasteiger partial charge in [-0.1, -0.05) is 49.4 Å². The monoisotopic (exact) mass is 462 g/mol. The molecule has 0 fully saturated rings. The molecule has 1 aliphatic rings. The molecule has 1 N–H and O–H groups in total. The smallest absolute Gasteiger partial charge is 0.244 e. The fourth-order valence-electron chi connectivity index (χ4n) is 3.56. The van der Waals surface area contributed by atoms with Crippen LogP contribution in [0.2, 0.25) is 0 Å². The van der Waals surface area contributed by atoms with Gasteiger partial charge in [-0.25, -0.2) is 0 Å². The molecule has 3 aromatic carbocycles. The minimum absolute atomic E-state index is 0.0381. The van der Waals surface area contributed by atoms with Crippen molar-refractivity contribution >= 4 is 52.4 Å². The van der Waals surface area contributed by atoms with E-state index in [2.05, 4.69) is 24.4 Å². The lowest BCUT2D eigenvalue weighted by molar-refractivity contribution is -0.117. The molecule has 2 amide bonds. The Morgan fingerprint density at radius 3 is 2.12 bits per heavy atom. The van der Waals surface area contributed by atoms with Crippen LogP contribution in [0.15, 0.2) is 87.5 Å². The number of hydrogen-bond donors (Lipinski definition) is 1. The van der Waals surface area contributed by atoms with Crippen molar-refractivity contribution < 1.29 is 9.59 Å². The van der Waals surface area contributed by atoms with Gasteiger partial charge < -0.3 is 5.32 Å². The summed E-state index contributed by atoms with van der Waals surface area (Å²) in [5.74, 6) is 0.0863. The van der Waals surface area contributed by atoms with Crippen LogP contribution in [0.4, 0.5) is 17.1 Å². The van der Waals surface area contributed by atoms with Crippen LogP contribution in [0.5, 0.6) is 0 Å². The van der Waals surface area contributed by atoms with Gasteiger partial charge in [-0.3, -0.25) is 14.5 Å². The summed E-state index contributed by atoms with van der Waals surface area (Å²) in [6, 6.07) is 23.8. The number of carbonyl (C=O) groups is 2. The SMILES string of the molecule is CCCCC(=O)Nc1ccc(SC(C)C(=O)N2c3ccccc3Sc3ccccc32)cc1. The van der Waals surface area contributed by atoms with Gasteiger partial charge in [0.1, 0.15) is 0 Å². The van der Waals surface area contributed by atoms with Gasteiger partial charge in [0.2, 0.25) is 11.8 Å². The number of para-hydroxylation sites is 2. The quantitative estimate of drug-likeness (QED) is 0.380. The van der Waals surface area contributed by atoms with E-state index in [1.807, 2.05) is 72.5 Å². The number of rotatable bonds is 7. The third kappa shape index (κ3) is 5.03. The number of amides is 2. The van der Waals surface area contributed by atoms with E-state index in [9.17, 15) is 9.59 Å². The average Bonchev–Trinajstić information content (AvgIpc) is 2.82. The van der Waals surface area contributed by atoms with Crippen LogP contribution >= 0.6 is 23.5 Å². The predicted molar refractivity (Wildman–Crippen MR) is 134 cm³/mol. The Kier molecular flexibility index (Phi) is 7.22. The molecule has 164 valence electrons. The Labute approximate surface area is 197 Å². The Balaban J connectivity index is 1.48. The molecule has 1 atom stereocenters. The topological polar surface area (TPSA) is 49.4 Å². The molecule has 0 aliphatic carbocycles. The summed E-state index contributed by atoms with van der Waals surface area (Å²) in [4.78, 5) is 30.5. The fraction of sp³-hybridized carbons (Fsp3) is 0.231. The van der Waals surface area contributed by atoms with E-state index < -0.39 is 0 Å². The largest absolute Gasteiger partial charge is 0.326 e. The number of fused-ring (bicyclic) bond motifs is 2. The summed E-state index contributed by atoms with van der Waals surface area (Å²) >= 11 is 3.22. The molecule has 1 unspecified atom stereocenters. The van der Waals surface area contributed by atoms with Gasteiger partial charge in [0.25, 0.3) is 0 Å². The van der Waals surface area contributed by atoms with Gasteiger partial charge in [-0.15, -0.1) is 11.8 Å². The Bertz CT molecular complexity index is 1070. The zero-order valence-electron chi connectivity index (χ0n) is 18.2. The Hall–Kier alpha value is -2.70. The molecule has 0 spiro atoms. The maximum atomic E-state index is 13.6. The zero-order valence-corrected chi connectivity index (χ0v) is 19.8. The van der Waals surface area contributed by atoms with Crippen LogP contribution in [0, 0.1) is 0 Å². The van der Waals surface area contributed by atoms with Crippen molar-refractivity contribution in [2.75, 3.05) is 10.2 Å². The maximum absolute atomic E-state index is 13.6.